The lowest BCUT2D eigenvalue weighted by Gasteiger charge is -2.02. The van der Waals surface area contributed by atoms with Crippen molar-refractivity contribution in [1.29, 1.82) is 0 Å². The second-order valence-corrected chi connectivity index (χ2v) is 4.67. The highest BCUT2D eigenvalue weighted by atomic mass is 79.9. The van der Waals surface area contributed by atoms with Crippen molar-refractivity contribution in [3.63, 3.8) is 0 Å². The first-order chi connectivity index (χ1) is 9.56. The fourth-order valence-electron chi connectivity index (χ4n) is 1.36. The lowest BCUT2D eigenvalue weighted by molar-refractivity contribution is 0.188. The Morgan fingerprint density at radius 3 is 2.75 bits per heavy atom. The number of furan rings is 1. The molecular weight excluding hydrogens is 332 g/mol. The molecule has 2 heterocycles. The van der Waals surface area contributed by atoms with Crippen LogP contribution in [0.2, 0.25) is 0 Å². The molecule has 0 unspecified atom stereocenters. The maximum absolute atomic E-state index is 12.5. The van der Waals surface area contributed by atoms with E-state index >= 15 is 0 Å². The Balaban J connectivity index is 2.41. The fraction of sp³-hybridized carbons (Fsp3) is 0.0769. The predicted octanol–water partition coefficient (Wildman–Crippen LogP) is 3.67. The van der Waals surface area contributed by atoms with Crippen LogP contribution in [-0.4, -0.2) is 17.1 Å². The van der Waals surface area contributed by atoms with Crippen molar-refractivity contribution in [3.05, 3.63) is 58.7 Å². The van der Waals surface area contributed by atoms with E-state index in [-0.39, 0.29) is 5.71 Å². The molecule has 0 aliphatic heterocycles. The molecule has 0 aliphatic carbocycles. The number of allylic oxidation sites excluding steroid dienone is 2. The summed E-state index contributed by atoms with van der Waals surface area (Å²) in [5.74, 6) is 0.691. The van der Waals surface area contributed by atoms with Gasteiger partial charge in [-0.25, -0.2) is 18.8 Å². The molecule has 2 aromatic heterocycles. The molecule has 0 bridgehead atoms. The Kier molecular flexibility index (Phi) is 4.62. The number of aliphatic imine (C=N–C) groups is 1. The van der Waals surface area contributed by atoms with E-state index in [1.165, 1.54) is 6.26 Å². The highest BCUT2D eigenvalue weighted by Crippen LogP contribution is 2.16. The van der Waals surface area contributed by atoms with Crippen LogP contribution in [0.25, 0.3) is 0 Å². The molecule has 2 aromatic rings. The number of nitrogens with zero attached hydrogens (tertiary/aromatic N) is 2. The second-order valence-electron chi connectivity index (χ2n) is 3.75. The third-order valence-electron chi connectivity index (χ3n) is 2.28. The molecule has 0 spiro atoms. The summed E-state index contributed by atoms with van der Waals surface area (Å²) in [5, 5.41) is 0. The largest absolute Gasteiger partial charge is 0.463 e. The predicted molar refractivity (Wildman–Crippen MR) is 75.1 cm³/mol. The molecule has 104 valence electrons. The number of rotatable bonds is 4. The maximum atomic E-state index is 12.5. The minimum atomic E-state index is -2.76. The van der Waals surface area contributed by atoms with E-state index in [1.807, 2.05) is 0 Å². The summed E-state index contributed by atoms with van der Waals surface area (Å²) in [4.78, 5) is 8.21. The van der Waals surface area contributed by atoms with Crippen molar-refractivity contribution in [2.75, 3.05) is 0 Å². The van der Waals surface area contributed by atoms with Crippen LogP contribution < -0.4 is 5.73 Å². The average Bonchev–Trinajstić information content (AvgIpc) is 2.94. The van der Waals surface area contributed by atoms with Crippen LogP contribution in [0, 0.1) is 0 Å². The Morgan fingerprint density at radius 1 is 1.40 bits per heavy atom. The van der Waals surface area contributed by atoms with E-state index in [4.69, 9.17) is 10.2 Å². The van der Waals surface area contributed by atoms with Gasteiger partial charge in [-0.1, -0.05) is 0 Å². The van der Waals surface area contributed by atoms with Crippen LogP contribution in [0.4, 0.5) is 14.6 Å². The van der Waals surface area contributed by atoms with E-state index in [1.54, 1.807) is 30.5 Å². The average molecular weight is 342 g/mol. The van der Waals surface area contributed by atoms with E-state index in [0.29, 0.717) is 11.6 Å². The SMILES string of the molecule is N/C(=C\C(=Nc1ccc(Br)cn1)c1ccco1)C(F)F. The number of aromatic nitrogens is 1. The van der Waals surface area contributed by atoms with Gasteiger partial charge in [0.15, 0.2) is 11.6 Å². The van der Waals surface area contributed by atoms with Crippen molar-refractivity contribution < 1.29 is 13.2 Å². The second kappa shape index (κ2) is 6.42. The number of hydrogen-bond donors (Lipinski definition) is 1. The smallest absolute Gasteiger partial charge is 0.277 e. The first kappa shape index (κ1) is 14.4. The number of hydrogen-bond acceptors (Lipinski definition) is 4. The van der Waals surface area contributed by atoms with Crippen molar-refractivity contribution in [2.24, 2.45) is 10.7 Å². The zero-order chi connectivity index (χ0) is 14.5. The molecule has 0 saturated heterocycles. The quantitative estimate of drug-likeness (QED) is 0.863. The van der Waals surface area contributed by atoms with Crippen LogP contribution in [0.5, 0.6) is 0 Å². The molecule has 0 aromatic carbocycles. The van der Waals surface area contributed by atoms with Gasteiger partial charge >= 0.3 is 0 Å². The lowest BCUT2D eigenvalue weighted by atomic mass is 10.2. The van der Waals surface area contributed by atoms with Crippen molar-refractivity contribution >= 4 is 27.5 Å². The Hall–Kier alpha value is -2.02. The van der Waals surface area contributed by atoms with Gasteiger partial charge in [0.2, 0.25) is 0 Å². The van der Waals surface area contributed by atoms with E-state index in [2.05, 4.69) is 25.9 Å². The van der Waals surface area contributed by atoms with Gasteiger partial charge in [-0.05, 0) is 46.3 Å². The van der Waals surface area contributed by atoms with Crippen LogP contribution in [-0.2, 0) is 0 Å². The Morgan fingerprint density at radius 2 is 2.20 bits per heavy atom. The molecule has 0 atom stereocenters. The molecular formula is C13H10BrF2N3O. The molecule has 7 heteroatoms. The first-order valence-electron chi connectivity index (χ1n) is 5.55. The maximum Gasteiger partial charge on any atom is 0.277 e. The Labute approximate surface area is 122 Å². The number of nitrogens with two attached hydrogens (primary N) is 1. The molecule has 0 amide bonds. The monoisotopic (exact) mass is 341 g/mol. The molecule has 0 saturated carbocycles. The lowest BCUT2D eigenvalue weighted by Crippen LogP contribution is -2.10. The zero-order valence-corrected chi connectivity index (χ0v) is 11.7. The fourth-order valence-corrected chi connectivity index (χ4v) is 1.60. The minimum absolute atomic E-state index is 0.183. The van der Waals surface area contributed by atoms with Crippen LogP contribution in [0.3, 0.4) is 0 Å². The summed E-state index contributed by atoms with van der Waals surface area (Å²) >= 11 is 3.25. The van der Waals surface area contributed by atoms with Crippen molar-refractivity contribution in [3.8, 4) is 0 Å². The number of alkyl halides is 2. The summed E-state index contributed by atoms with van der Waals surface area (Å²) in [6, 6.07) is 6.62. The van der Waals surface area contributed by atoms with Crippen molar-refractivity contribution in [1.82, 2.24) is 4.98 Å². The van der Waals surface area contributed by atoms with Gasteiger partial charge in [0.05, 0.1) is 12.0 Å². The van der Waals surface area contributed by atoms with Gasteiger partial charge in [-0.2, -0.15) is 0 Å². The van der Waals surface area contributed by atoms with Crippen LogP contribution in [0.1, 0.15) is 5.76 Å². The van der Waals surface area contributed by atoms with Crippen molar-refractivity contribution in [2.45, 2.75) is 6.43 Å². The molecule has 0 aliphatic rings. The summed E-state index contributed by atoms with van der Waals surface area (Å²) < 4.78 is 31.0. The highest BCUT2D eigenvalue weighted by Gasteiger charge is 2.11. The molecule has 2 N–H and O–H groups in total. The van der Waals surface area contributed by atoms with Gasteiger partial charge < -0.3 is 10.2 Å². The summed E-state index contributed by atoms with van der Waals surface area (Å²) in [6.45, 7) is 0. The third-order valence-corrected chi connectivity index (χ3v) is 2.74. The molecule has 4 nitrogen and oxygen atoms in total. The summed E-state index contributed by atoms with van der Waals surface area (Å²) in [6.07, 6.45) is 1.30. The third kappa shape index (κ3) is 3.74. The van der Waals surface area contributed by atoms with E-state index < -0.39 is 12.1 Å². The van der Waals surface area contributed by atoms with Gasteiger partial charge in [-0.15, -0.1) is 0 Å². The van der Waals surface area contributed by atoms with E-state index in [0.717, 1.165) is 10.5 Å². The van der Waals surface area contributed by atoms with Gasteiger partial charge in [0, 0.05) is 10.7 Å². The van der Waals surface area contributed by atoms with E-state index in [9.17, 15) is 8.78 Å². The summed E-state index contributed by atoms with van der Waals surface area (Å²) in [5.41, 5.74) is 4.86. The summed E-state index contributed by atoms with van der Waals surface area (Å²) in [7, 11) is 0. The molecule has 2 rings (SSSR count). The molecule has 0 radical (unpaired) electrons. The zero-order valence-electron chi connectivity index (χ0n) is 10.1. The topological polar surface area (TPSA) is 64.4 Å². The Bertz CT molecular complexity index is 622. The molecule has 0 fully saturated rings. The van der Waals surface area contributed by atoms with Gasteiger partial charge in [0.25, 0.3) is 6.43 Å². The minimum Gasteiger partial charge on any atom is -0.463 e. The molecule has 20 heavy (non-hydrogen) atoms. The standard InChI is InChI=1S/C13H10BrF2N3O/c14-8-3-4-12(18-7-8)19-10(6-9(17)13(15)16)11-2-1-5-20-11/h1-7,13H,17H2/b9-6-,19-10?. The number of pyridine rings is 1. The van der Waals surface area contributed by atoms with Gasteiger partial charge in [-0.3, -0.25) is 0 Å². The first-order valence-corrected chi connectivity index (χ1v) is 6.35. The van der Waals surface area contributed by atoms with Crippen LogP contribution >= 0.6 is 15.9 Å². The highest BCUT2D eigenvalue weighted by molar-refractivity contribution is 9.10. The van der Waals surface area contributed by atoms with Crippen LogP contribution in [0.15, 0.2) is 62.4 Å². The van der Waals surface area contributed by atoms with Gasteiger partial charge in [0.1, 0.15) is 5.71 Å². The normalized spacial score (nSPS) is 13.0. The number of halogens is 3.